The molecule has 0 aliphatic carbocycles. The van der Waals surface area contributed by atoms with Crippen LogP contribution in [-0.2, 0) is 6.18 Å². The summed E-state index contributed by atoms with van der Waals surface area (Å²) in [7, 11) is 0. The second kappa shape index (κ2) is 4.27. The molecule has 1 aromatic heterocycles. The lowest BCUT2D eigenvalue weighted by molar-refractivity contribution is -0.137. The van der Waals surface area contributed by atoms with Crippen LogP contribution >= 0.6 is 11.3 Å². The number of terminal acetylenes is 1. The molecular weight excluding hydrogens is 245 g/mol. The highest BCUT2D eigenvalue weighted by atomic mass is 32.1. The van der Waals surface area contributed by atoms with Crippen molar-refractivity contribution < 1.29 is 13.2 Å². The number of halogens is 3. The molecular formula is C13H7F3S. The summed E-state index contributed by atoms with van der Waals surface area (Å²) in [5.74, 6) is 2.46. The topological polar surface area (TPSA) is 0 Å². The van der Waals surface area contributed by atoms with Crippen molar-refractivity contribution in [3.63, 3.8) is 0 Å². The van der Waals surface area contributed by atoms with Crippen LogP contribution in [0.15, 0.2) is 35.7 Å². The van der Waals surface area contributed by atoms with Gasteiger partial charge in [-0.1, -0.05) is 18.1 Å². The molecule has 1 heterocycles. The van der Waals surface area contributed by atoms with Gasteiger partial charge in [0.25, 0.3) is 0 Å². The van der Waals surface area contributed by atoms with E-state index in [0.29, 0.717) is 16.0 Å². The standard InChI is InChI=1S/C13H7F3S/c1-2-12-7-10(8-17-12)9-4-3-5-11(6-9)13(14,15)16/h1,3-8H. The lowest BCUT2D eigenvalue weighted by Gasteiger charge is -2.07. The maximum absolute atomic E-state index is 12.5. The van der Waals surface area contributed by atoms with Gasteiger partial charge in [0.05, 0.1) is 10.4 Å². The number of hydrogen-bond acceptors (Lipinski definition) is 1. The summed E-state index contributed by atoms with van der Waals surface area (Å²) in [6.07, 6.45) is 0.902. The fourth-order valence-corrected chi connectivity index (χ4v) is 2.16. The Morgan fingerprint density at radius 1 is 1.12 bits per heavy atom. The Kier molecular flexibility index (Phi) is 2.95. The molecule has 0 N–H and O–H groups in total. The lowest BCUT2D eigenvalue weighted by atomic mass is 10.1. The fourth-order valence-electron chi connectivity index (χ4n) is 1.44. The highest BCUT2D eigenvalue weighted by Gasteiger charge is 2.30. The normalized spacial score (nSPS) is 11.2. The Balaban J connectivity index is 2.44. The van der Waals surface area contributed by atoms with Crippen molar-refractivity contribution in [1.29, 1.82) is 0 Å². The molecule has 0 amide bonds. The number of alkyl halides is 3. The van der Waals surface area contributed by atoms with Crippen LogP contribution in [-0.4, -0.2) is 0 Å². The van der Waals surface area contributed by atoms with Crippen LogP contribution in [0, 0.1) is 12.3 Å². The van der Waals surface area contributed by atoms with E-state index in [0.717, 1.165) is 12.1 Å². The van der Waals surface area contributed by atoms with Gasteiger partial charge in [-0.15, -0.1) is 17.8 Å². The highest BCUT2D eigenvalue weighted by molar-refractivity contribution is 7.11. The van der Waals surface area contributed by atoms with Gasteiger partial charge in [-0.2, -0.15) is 13.2 Å². The summed E-state index contributed by atoms with van der Waals surface area (Å²) in [6.45, 7) is 0. The molecule has 0 radical (unpaired) electrons. The van der Waals surface area contributed by atoms with Crippen LogP contribution in [0.5, 0.6) is 0 Å². The van der Waals surface area contributed by atoms with E-state index in [9.17, 15) is 13.2 Å². The molecule has 4 heteroatoms. The van der Waals surface area contributed by atoms with E-state index >= 15 is 0 Å². The molecule has 2 aromatic rings. The maximum Gasteiger partial charge on any atom is 0.416 e. The van der Waals surface area contributed by atoms with Crippen molar-refractivity contribution in [2.24, 2.45) is 0 Å². The summed E-state index contributed by atoms with van der Waals surface area (Å²) in [5.41, 5.74) is 0.593. The Morgan fingerprint density at radius 3 is 2.47 bits per heavy atom. The molecule has 86 valence electrons. The molecule has 0 bridgehead atoms. The van der Waals surface area contributed by atoms with Crippen molar-refractivity contribution in [1.82, 2.24) is 0 Å². The van der Waals surface area contributed by atoms with Crippen molar-refractivity contribution >= 4 is 11.3 Å². The maximum atomic E-state index is 12.5. The molecule has 0 nitrogen and oxygen atoms in total. The van der Waals surface area contributed by atoms with Crippen molar-refractivity contribution in [2.75, 3.05) is 0 Å². The average Bonchev–Trinajstić information content (AvgIpc) is 2.76. The molecule has 0 aliphatic rings. The zero-order chi connectivity index (χ0) is 12.5. The van der Waals surface area contributed by atoms with E-state index in [1.54, 1.807) is 17.5 Å². The zero-order valence-corrected chi connectivity index (χ0v) is 9.40. The predicted octanol–water partition coefficient (Wildman–Crippen LogP) is 4.42. The molecule has 0 atom stereocenters. The third-order valence-corrected chi connectivity index (χ3v) is 3.13. The third kappa shape index (κ3) is 2.51. The summed E-state index contributed by atoms with van der Waals surface area (Å²) in [5, 5.41) is 1.75. The van der Waals surface area contributed by atoms with E-state index in [2.05, 4.69) is 5.92 Å². The van der Waals surface area contributed by atoms with E-state index in [1.807, 2.05) is 0 Å². The van der Waals surface area contributed by atoms with Gasteiger partial charge in [-0.25, -0.2) is 0 Å². The van der Waals surface area contributed by atoms with Gasteiger partial charge < -0.3 is 0 Å². The first kappa shape index (κ1) is 11.7. The van der Waals surface area contributed by atoms with E-state index in [1.165, 1.54) is 17.4 Å². The fraction of sp³-hybridized carbons (Fsp3) is 0.0769. The summed E-state index contributed by atoms with van der Waals surface area (Å²) in [4.78, 5) is 0.706. The van der Waals surface area contributed by atoms with Gasteiger partial charge in [0.1, 0.15) is 0 Å². The Morgan fingerprint density at radius 2 is 1.88 bits per heavy atom. The minimum Gasteiger partial charge on any atom is -0.166 e. The Bertz CT molecular complexity index is 573. The first-order chi connectivity index (χ1) is 8.00. The van der Waals surface area contributed by atoms with Gasteiger partial charge in [0.2, 0.25) is 0 Å². The first-order valence-corrected chi connectivity index (χ1v) is 5.61. The molecule has 1 aromatic carbocycles. The predicted molar refractivity (Wildman–Crippen MR) is 62.7 cm³/mol. The SMILES string of the molecule is C#Cc1cc(-c2cccc(C(F)(F)F)c2)cs1. The van der Waals surface area contributed by atoms with Gasteiger partial charge in [0.15, 0.2) is 0 Å². The van der Waals surface area contributed by atoms with Crippen LogP contribution in [0.3, 0.4) is 0 Å². The molecule has 0 spiro atoms. The van der Waals surface area contributed by atoms with E-state index < -0.39 is 11.7 Å². The largest absolute Gasteiger partial charge is 0.416 e. The van der Waals surface area contributed by atoms with Crippen molar-refractivity contribution in [2.45, 2.75) is 6.18 Å². The summed E-state index contributed by atoms with van der Waals surface area (Å²) >= 11 is 1.34. The summed E-state index contributed by atoms with van der Waals surface area (Å²) in [6, 6.07) is 6.92. The Hall–Kier alpha value is -1.73. The average molecular weight is 252 g/mol. The number of benzene rings is 1. The first-order valence-electron chi connectivity index (χ1n) is 4.73. The number of hydrogen-bond donors (Lipinski definition) is 0. The van der Waals surface area contributed by atoms with Gasteiger partial charge in [-0.3, -0.25) is 0 Å². The molecule has 0 saturated carbocycles. The Labute approximate surface area is 101 Å². The molecule has 0 unspecified atom stereocenters. The smallest absolute Gasteiger partial charge is 0.166 e. The van der Waals surface area contributed by atoms with Crippen LogP contribution in [0.4, 0.5) is 13.2 Å². The molecule has 17 heavy (non-hydrogen) atoms. The molecule has 2 rings (SSSR count). The second-order valence-corrected chi connectivity index (χ2v) is 4.33. The van der Waals surface area contributed by atoms with E-state index in [4.69, 9.17) is 6.42 Å². The van der Waals surface area contributed by atoms with Crippen LogP contribution < -0.4 is 0 Å². The monoisotopic (exact) mass is 252 g/mol. The molecule has 0 fully saturated rings. The molecule has 0 saturated heterocycles. The van der Waals surface area contributed by atoms with Gasteiger partial charge in [0, 0.05) is 0 Å². The minimum absolute atomic E-state index is 0.526. The third-order valence-electron chi connectivity index (χ3n) is 2.26. The summed E-state index contributed by atoms with van der Waals surface area (Å²) < 4.78 is 37.6. The molecule has 0 aliphatic heterocycles. The van der Waals surface area contributed by atoms with Crippen molar-refractivity contribution in [3.05, 3.63) is 46.2 Å². The second-order valence-electron chi connectivity index (χ2n) is 3.42. The highest BCUT2D eigenvalue weighted by Crippen LogP contribution is 2.33. The lowest BCUT2D eigenvalue weighted by Crippen LogP contribution is -2.04. The van der Waals surface area contributed by atoms with Crippen LogP contribution in [0.25, 0.3) is 11.1 Å². The van der Waals surface area contributed by atoms with E-state index in [-0.39, 0.29) is 0 Å². The zero-order valence-electron chi connectivity index (χ0n) is 8.58. The number of thiophene rings is 1. The quantitative estimate of drug-likeness (QED) is 0.659. The van der Waals surface area contributed by atoms with Gasteiger partial charge >= 0.3 is 6.18 Å². The van der Waals surface area contributed by atoms with Crippen molar-refractivity contribution in [3.8, 4) is 23.5 Å². The minimum atomic E-state index is -4.32. The van der Waals surface area contributed by atoms with Crippen LogP contribution in [0.1, 0.15) is 10.4 Å². The van der Waals surface area contributed by atoms with Gasteiger partial charge in [-0.05, 0) is 34.7 Å². The number of rotatable bonds is 1. The van der Waals surface area contributed by atoms with Crippen LogP contribution in [0.2, 0.25) is 0 Å².